The molecule has 1 heterocycles. The highest BCUT2D eigenvalue weighted by molar-refractivity contribution is 4.78. The first-order valence-electron chi connectivity index (χ1n) is 5.59. The second-order valence-corrected chi connectivity index (χ2v) is 3.78. The van der Waals surface area contributed by atoms with Crippen molar-refractivity contribution in [1.29, 1.82) is 0 Å². The SMILES string of the molecule is CC.CCN1CCCC(C)(O)CC1. The second-order valence-electron chi connectivity index (χ2n) is 3.78. The summed E-state index contributed by atoms with van der Waals surface area (Å²) in [7, 11) is 0. The van der Waals surface area contributed by atoms with Crippen LogP contribution in [0.2, 0.25) is 0 Å². The molecule has 0 aromatic carbocycles. The molecule has 0 bridgehead atoms. The van der Waals surface area contributed by atoms with Gasteiger partial charge >= 0.3 is 0 Å². The number of aliphatic hydroxyl groups is 1. The van der Waals surface area contributed by atoms with Gasteiger partial charge in [-0.25, -0.2) is 0 Å². The summed E-state index contributed by atoms with van der Waals surface area (Å²) in [6, 6.07) is 0. The molecule has 0 aromatic rings. The number of likely N-dealkylation sites (tertiary alicyclic amines) is 1. The summed E-state index contributed by atoms with van der Waals surface area (Å²) in [6.07, 6.45) is 3.03. The van der Waals surface area contributed by atoms with Crippen LogP contribution in [0.25, 0.3) is 0 Å². The second kappa shape index (κ2) is 6.39. The van der Waals surface area contributed by atoms with Crippen molar-refractivity contribution in [2.75, 3.05) is 19.6 Å². The maximum Gasteiger partial charge on any atom is 0.0632 e. The van der Waals surface area contributed by atoms with Crippen LogP contribution in [0.4, 0.5) is 0 Å². The van der Waals surface area contributed by atoms with Gasteiger partial charge in [-0.1, -0.05) is 20.8 Å². The summed E-state index contributed by atoms with van der Waals surface area (Å²) >= 11 is 0. The smallest absolute Gasteiger partial charge is 0.0632 e. The third kappa shape index (κ3) is 5.27. The minimum Gasteiger partial charge on any atom is -0.390 e. The van der Waals surface area contributed by atoms with Crippen LogP contribution in [0.1, 0.15) is 47.0 Å². The summed E-state index contributed by atoms with van der Waals surface area (Å²) in [5.74, 6) is 0. The number of rotatable bonds is 1. The molecular weight excluding hydrogens is 162 g/mol. The lowest BCUT2D eigenvalue weighted by atomic mass is 9.98. The van der Waals surface area contributed by atoms with Crippen LogP contribution in [-0.4, -0.2) is 35.2 Å². The fourth-order valence-electron chi connectivity index (χ4n) is 1.64. The normalized spacial score (nSPS) is 30.2. The molecule has 1 aliphatic heterocycles. The molecule has 1 fully saturated rings. The fourth-order valence-corrected chi connectivity index (χ4v) is 1.64. The van der Waals surface area contributed by atoms with E-state index in [1.165, 1.54) is 0 Å². The highest BCUT2D eigenvalue weighted by Gasteiger charge is 2.23. The van der Waals surface area contributed by atoms with Crippen molar-refractivity contribution < 1.29 is 5.11 Å². The van der Waals surface area contributed by atoms with Gasteiger partial charge < -0.3 is 10.0 Å². The van der Waals surface area contributed by atoms with E-state index in [4.69, 9.17) is 0 Å². The standard InChI is InChI=1S/C9H19NO.C2H6/c1-3-10-7-4-5-9(2,11)6-8-10;1-2/h11H,3-8H2,1-2H3;1-2H3. The lowest BCUT2D eigenvalue weighted by Gasteiger charge is -2.21. The average molecular weight is 187 g/mol. The van der Waals surface area contributed by atoms with Crippen LogP contribution in [0.15, 0.2) is 0 Å². The average Bonchev–Trinajstić information content (AvgIpc) is 2.30. The molecule has 1 aliphatic rings. The Hall–Kier alpha value is -0.0800. The van der Waals surface area contributed by atoms with E-state index in [1.54, 1.807) is 0 Å². The first-order valence-corrected chi connectivity index (χ1v) is 5.59. The Labute approximate surface area is 82.9 Å². The quantitative estimate of drug-likeness (QED) is 0.680. The Morgan fingerprint density at radius 1 is 1.23 bits per heavy atom. The Kier molecular flexibility index (Phi) is 6.35. The van der Waals surface area contributed by atoms with E-state index in [0.717, 1.165) is 38.9 Å². The van der Waals surface area contributed by atoms with Gasteiger partial charge in [0.15, 0.2) is 0 Å². The maximum atomic E-state index is 9.74. The summed E-state index contributed by atoms with van der Waals surface area (Å²) in [5.41, 5.74) is -0.399. The van der Waals surface area contributed by atoms with Crippen LogP contribution < -0.4 is 0 Å². The van der Waals surface area contributed by atoms with Gasteiger partial charge in [0.25, 0.3) is 0 Å². The highest BCUT2D eigenvalue weighted by Crippen LogP contribution is 2.20. The number of hydrogen-bond donors (Lipinski definition) is 1. The van der Waals surface area contributed by atoms with Gasteiger partial charge in [0.05, 0.1) is 5.60 Å². The predicted octanol–water partition coefficient (Wildman–Crippen LogP) is 2.27. The minimum absolute atomic E-state index is 0.399. The molecule has 1 rings (SSSR count). The van der Waals surface area contributed by atoms with Crippen LogP contribution in [-0.2, 0) is 0 Å². The Morgan fingerprint density at radius 3 is 2.38 bits per heavy atom. The number of nitrogens with zero attached hydrogens (tertiary/aromatic N) is 1. The molecule has 2 heteroatoms. The van der Waals surface area contributed by atoms with E-state index >= 15 is 0 Å². The van der Waals surface area contributed by atoms with Crippen molar-refractivity contribution >= 4 is 0 Å². The van der Waals surface area contributed by atoms with Crippen LogP contribution in [0.3, 0.4) is 0 Å². The van der Waals surface area contributed by atoms with Gasteiger partial charge in [-0.05, 0) is 39.3 Å². The minimum atomic E-state index is -0.399. The fraction of sp³-hybridized carbons (Fsp3) is 1.00. The molecule has 1 saturated heterocycles. The zero-order valence-electron chi connectivity index (χ0n) is 9.64. The molecule has 80 valence electrons. The monoisotopic (exact) mass is 187 g/mol. The van der Waals surface area contributed by atoms with Gasteiger partial charge in [-0.15, -0.1) is 0 Å². The van der Waals surface area contributed by atoms with E-state index in [2.05, 4.69) is 11.8 Å². The third-order valence-corrected chi connectivity index (χ3v) is 2.60. The lowest BCUT2D eigenvalue weighted by Crippen LogP contribution is -2.28. The summed E-state index contributed by atoms with van der Waals surface area (Å²) in [6.45, 7) is 11.5. The topological polar surface area (TPSA) is 23.5 Å². The molecule has 13 heavy (non-hydrogen) atoms. The molecule has 1 N–H and O–H groups in total. The van der Waals surface area contributed by atoms with Crippen molar-refractivity contribution in [3.8, 4) is 0 Å². The van der Waals surface area contributed by atoms with Gasteiger partial charge in [0.1, 0.15) is 0 Å². The van der Waals surface area contributed by atoms with E-state index in [1.807, 2.05) is 20.8 Å². The Balaban J connectivity index is 0.000000671. The molecule has 2 nitrogen and oxygen atoms in total. The van der Waals surface area contributed by atoms with E-state index in [0.29, 0.717) is 0 Å². The summed E-state index contributed by atoms with van der Waals surface area (Å²) < 4.78 is 0. The molecule has 0 aliphatic carbocycles. The van der Waals surface area contributed by atoms with Crippen molar-refractivity contribution in [3.63, 3.8) is 0 Å². The largest absolute Gasteiger partial charge is 0.390 e. The Morgan fingerprint density at radius 2 is 1.85 bits per heavy atom. The van der Waals surface area contributed by atoms with Gasteiger partial charge in [-0.3, -0.25) is 0 Å². The van der Waals surface area contributed by atoms with E-state index in [-0.39, 0.29) is 0 Å². The zero-order valence-corrected chi connectivity index (χ0v) is 9.64. The molecule has 0 spiro atoms. The van der Waals surface area contributed by atoms with Crippen molar-refractivity contribution in [2.45, 2.75) is 52.6 Å². The highest BCUT2D eigenvalue weighted by atomic mass is 16.3. The predicted molar refractivity (Wildman–Crippen MR) is 57.9 cm³/mol. The molecule has 0 saturated carbocycles. The summed E-state index contributed by atoms with van der Waals surface area (Å²) in [5, 5.41) is 9.74. The maximum absolute atomic E-state index is 9.74. The van der Waals surface area contributed by atoms with Gasteiger partial charge in [0, 0.05) is 6.54 Å². The molecule has 1 atom stereocenters. The first-order chi connectivity index (χ1) is 6.14. The molecule has 0 aromatic heterocycles. The Bertz CT molecular complexity index is 123. The van der Waals surface area contributed by atoms with E-state index < -0.39 is 5.60 Å². The van der Waals surface area contributed by atoms with Crippen molar-refractivity contribution in [2.24, 2.45) is 0 Å². The van der Waals surface area contributed by atoms with Crippen LogP contribution >= 0.6 is 0 Å². The van der Waals surface area contributed by atoms with Gasteiger partial charge in [0.2, 0.25) is 0 Å². The van der Waals surface area contributed by atoms with Crippen LogP contribution in [0, 0.1) is 0 Å². The summed E-state index contributed by atoms with van der Waals surface area (Å²) in [4.78, 5) is 2.40. The van der Waals surface area contributed by atoms with Crippen molar-refractivity contribution in [3.05, 3.63) is 0 Å². The van der Waals surface area contributed by atoms with Crippen LogP contribution in [0.5, 0.6) is 0 Å². The number of hydrogen-bond acceptors (Lipinski definition) is 2. The zero-order chi connectivity index (χ0) is 10.3. The van der Waals surface area contributed by atoms with E-state index in [9.17, 15) is 5.11 Å². The lowest BCUT2D eigenvalue weighted by molar-refractivity contribution is 0.0448. The third-order valence-electron chi connectivity index (χ3n) is 2.60. The van der Waals surface area contributed by atoms with Gasteiger partial charge in [-0.2, -0.15) is 0 Å². The first kappa shape index (κ1) is 12.9. The molecule has 1 unspecified atom stereocenters. The van der Waals surface area contributed by atoms with Crippen molar-refractivity contribution in [1.82, 2.24) is 4.90 Å². The molecular formula is C11H25NO. The molecule has 0 radical (unpaired) electrons. The molecule has 0 amide bonds.